The number of para-hydroxylation sites is 1. The lowest BCUT2D eigenvalue weighted by Gasteiger charge is -2.29. The van der Waals surface area contributed by atoms with Crippen molar-refractivity contribution in [2.75, 3.05) is 13.2 Å². The average Bonchev–Trinajstić information content (AvgIpc) is 2.91. The van der Waals surface area contributed by atoms with Gasteiger partial charge in [0.1, 0.15) is 5.75 Å². The van der Waals surface area contributed by atoms with Crippen LogP contribution in [0, 0.1) is 5.41 Å². The zero-order valence-electron chi connectivity index (χ0n) is 13.8. The summed E-state index contributed by atoms with van der Waals surface area (Å²) in [6.45, 7) is 8.01. The first-order valence-electron chi connectivity index (χ1n) is 8.01. The fourth-order valence-electron chi connectivity index (χ4n) is 2.70. The van der Waals surface area contributed by atoms with Gasteiger partial charge in [0.25, 0.3) is 0 Å². The van der Waals surface area contributed by atoms with Gasteiger partial charge in [-0.1, -0.05) is 39.0 Å². The van der Waals surface area contributed by atoms with E-state index >= 15 is 0 Å². The van der Waals surface area contributed by atoms with Gasteiger partial charge in [0.15, 0.2) is 0 Å². The van der Waals surface area contributed by atoms with Crippen LogP contribution in [0.4, 0.5) is 0 Å². The highest BCUT2D eigenvalue weighted by atomic mass is 16.5. The van der Waals surface area contributed by atoms with Crippen molar-refractivity contribution < 1.29 is 14.6 Å². The van der Waals surface area contributed by atoms with Crippen LogP contribution in [0.25, 0.3) is 0 Å². The maximum absolute atomic E-state index is 12.7. The van der Waals surface area contributed by atoms with E-state index in [1.807, 2.05) is 17.0 Å². The maximum Gasteiger partial charge on any atom is 0.223 e. The van der Waals surface area contributed by atoms with Crippen LogP contribution in [0.1, 0.15) is 45.6 Å². The molecule has 0 bridgehead atoms. The highest BCUT2D eigenvalue weighted by molar-refractivity contribution is 5.77. The fraction of sp³-hybridized carbons (Fsp3) is 0.611. The Balaban J connectivity index is 2.09. The highest BCUT2D eigenvalue weighted by Gasteiger charge is 2.26. The molecule has 1 aromatic rings. The van der Waals surface area contributed by atoms with E-state index in [0.29, 0.717) is 19.5 Å². The van der Waals surface area contributed by atoms with Crippen LogP contribution < -0.4 is 0 Å². The number of hydrogen-bond donors (Lipinski definition) is 1. The summed E-state index contributed by atoms with van der Waals surface area (Å²) in [5, 5.41) is 9.97. The molecule has 1 heterocycles. The Kier molecular flexibility index (Phi) is 5.46. The third kappa shape index (κ3) is 5.02. The van der Waals surface area contributed by atoms with Crippen LogP contribution in [-0.2, 0) is 16.1 Å². The molecule has 0 aliphatic carbocycles. The summed E-state index contributed by atoms with van der Waals surface area (Å²) in [6, 6.07) is 7.20. The lowest BCUT2D eigenvalue weighted by molar-refractivity contribution is -0.135. The van der Waals surface area contributed by atoms with Gasteiger partial charge in [0.2, 0.25) is 5.91 Å². The minimum Gasteiger partial charge on any atom is -0.508 e. The molecular weight excluding hydrogens is 278 g/mol. The van der Waals surface area contributed by atoms with Gasteiger partial charge in [-0.05, 0) is 24.3 Å². The van der Waals surface area contributed by atoms with Crippen molar-refractivity contribution in [3.8, 4) is 5.75 Å². The predicted molar refractivity (Wildman–Crippen MR) is 86.6 cm³/mol. The third-order valence-electron chi connectivity index (χ3n) is 3.84. The van der Waals surface area contributed by atoms with Crippen molar-refractivity contribution in [2.45, 2.75) is 52.7 Å². The van der Waals surface area contributed by atoms with Gasteiger partial charge < -0.3 is 14.7 Å². The molecule has 22 heavy (non-hydrogen) atoms. The predicted octanol–water partition coefficient (Wildman–Crippen LogP) is 3.34. The SMILES string of the molecule is CC(C)(C)CC(=O)N(Cc1ccccc1O)CC1CCCO1. The number of phenolic OH excluding ortho intramolecular Hbond substituents is 1. The molecule has 4 nitrogen and oxygen atoms in total. The number of rotatable bonds is 5. The van der Waals surface area contributed by atoms with Gasteiger partial charge >= 0.3 is 0 Å². The van der Waals surface area contributed by atoms with Crippen LogP contribution in [0.3, 0.4) is 0 Å². The monoisotopic (exact) mass is 305 g/mol. The highest BCUT2D eigenvalue weighted by Crippen LogP contribution is 2.24. The van der Waals surface area contributed by atoms with E-state index in [-0.39, 0.29) is 23.2 Å². The molecule has 1 fully saturated rings. The van der Waals surface area contributed by atoms with Crippen molar-refractivity contribution >= 4 is 5.91 Å². The van der Waals surface area contributed by atoms with Crippen molar-refractivity contribution in [1.29, 1.82) is 0 Å². The third-order valence-corrected chi connectivity index (χ3v) is 3.84. The maximum atomic E-state index is 12.7. The largest absolute Gasteiger partial charge is 0.508 e. The summed E-state index contributed by atoms with van der Waals surface area (Å²) >= 11 is 0. The van der Waals surface area contributed by atoms with Gasteiger partial charge in [-0.2, -0.15) is 0 Å². The second-order valence-corrected chi connectivity index (χ2v) is 7.28. The van der Waals surface area contributed by atoms with E-state index < -0.39 is 0 Å². The van der Waals surface area contributed by atoms with E-state index in [9.17, 15) is 9.90 Å². The molecule has 1 aliphatic rings. The van der Waals surface area contributed by atoms with Gasteiger partial charge in [0.05, 0.1) is 6.10 Å². The second kappa shape index (κ2) is 7.14. The van der Waals surface area contributed by atoms with E-state index in [0.717, 1.165) is 25.0 Å². The Morgan fingerprint density at radius 1 is 1.36 bits per heavy atom. The molecule has 122 valence electrons. The first-order chi connectivity index (χ1) is 10.3. The summed E-state index contributed by atoms with van der Waals surface area (Å²) in [6.07, 6.45) is 2.67. The lowest BCUT2D eigenvalue weighted by Crippen LogP contribution is -2.38. The standard InChI is InChI=1S/C18H27NO3/c1-18(2,3)11-17(21)19(13-15-8-6-10-22-15)12-14-7-4-5-9-16(14)20/h4-5,7,9,15,20H,6,8,10-13H2,1-3H3. The molecule has 1 saturated heterocycles. The van der Waals surface area contributed by atoms with Gasteiger partial charge in [-0.3, -0.25) is 4.79 Å². The molecule has 1 amide bonds. The molecule has 0 aromatic heterocycles. The molecule has 2 rings (SSSR count). The number of ether oxygens (including phenoxy) is 1. The first-order valence-corrected chi connectivity index (χ1v) is 8.01. The molecule has 0 saturated carbocycles. The first kappa shape index (κ1) is 16.8. The molecule has 0 spiro atoms. The molecule has 0 radical (unpaired) electrons. The minimum atomic E-state index is -0.0510. The molecule has 1 aromatic carbocycles. The van der Waals surface area contributed by atoms with Crippen LogP contribution in [-0.4, -0.2) is 35.2 Å². The summed E-state index contributed by atoms with van der Waals surface area (Å²) in [5.74, 6) is 0.356. The fourth-order valence-corrected chi connectivity index (χ4v) is 2.70. The number of aromatic hydroxyl groups is 1. The number of carbonyl (C=O) groups is 1. The molecule has 1 unspecified atom stereocenters. The summed E-state index contributed by atoms with van der Waals surface area (Å²) in [5.41, 5.74) is 0.729. The van der Waals surface area contributed by atoms with Crippen molar-refractivity contribution in [3.63, 3.8) is 0 Å². The van der Waals surface area contributed by atoms with Crippen molar-refractivity contribution in [3.05, 3.63) is 29.8 Å². The summed E-state index contributed by atoms with van der Waals surface area (Å²) in [4.78, 5) is 14.5. The zero-order valence-corrected chi connectivity index (χ0v) is 13.8. The van der Waals surface area contributed by atoms with Gasteiger partial charge in [-0.25, -0.2) is 0 Å². The number of nitrogens with zero attached hydrogens (tertiary/aromatic N) is 1. The van der Waals surface area contributed by atoms with Crippen LogP contribution in [0.2, 0.25) is 0 Å². The Morgan fingerprint density at radius 2 is 2.09 bits per heavy atom. The Bertz CT molecular complexity index is 501. The van der Waals surface area contributed by atoms with E-state index in [2.05, 4.69) is 20.8 Å². The summed E-state index contributed by atoms with van der Waals surface area (Å²) < 4.78 is 5.68. The van der Waals surface area contributed by atoms with Gasteiger partial charge in [-0.15, -0.1) is 0 Å². The van der Waals surface area contributed by atoms with Crippen LogP contribution in [0.5, 0.6) is 5.75 Å². The lowest BCUT2D eigenvalue weighted by atomic mass is 9.91. The van der Waals surface area contributed by atoms with Crippen molar-refractivity contribution in [2.24, 2.45) is 5.41 Å². The average molecular weight is 305 g/mol. The normalized spacial score (nSPS) is 18.4. The summed E-state index contributed by atoms with van der Waals surface area (Å²) in [7, 11) is 0. The molecule has 1 N–H and O–H groups in total. The van der Waals surface area contributed by atoms with Gasteiger partial charge in [0, 0.05) is 31.7 Å². The van der Waals surface area contributed by atoms with E-state index in [1.165, 1.54) is 0 Å². The molecule has 4 heteroatoms. The Labute approximate surface area is 133 Å². The van der Waals surface area contributed by atoms with E-state index in [4.69, 9.17) is 4.74 Å². The Morgan fingerprint density at radius 3 is 2.68 bits per heavy atom. The number of hydrogen-bond acceptors (Lipinski definition) is 3. The van der Waals surface area contributed by atoms with Crippen LogP contribution >= 0.6 is 0 Å². The molecule has 1 aliphatic heterocycles. The number of benzene rings is 1. The number of amides is 1. The smallest absolute Gasteiger partial charge is 0.223 e. The second-order valence-electron chi connectivity index (χ2n) is 7.28. The quantitative estimate of drug-likeness (QED) is 0.907. The van der Waals surface area contributed by atoms with E-state index in [1.54, 1.807) is 12.1 Å². The Hall–Kier alpha value is -1.55. The van der Waals surface area contributed by atoms with Crippen molar-refractivity contribution in [1.82, 2.24) is 4.90 Å². The topological polar surface area (TPSA) is 49.8 Å². The minimum absolute atomic E-state index is 0.0510. The zero-order chi connectivity index (χ0) is 16.2. The molecule has 1 atom stereocenters. The molecular formula is C18H27NO3. The van der Waals surface area contributed by atoms with Crippen LogP contribution in [0.15, 0.2) is 24.3 Å². The number of carbonyl (C=O) groups excluding carboxylic acids is 1. The number of phenols is 1.